The van der Waals surface area contributed by atoms with Crippen molar-refractivity contribution in [1.82, 2.24) is 0 Å². The molecule has 0 aliphatic carbocycles. The van der Waals surface area contributed by atoms with Gasteiger partial charge in [0, 0.05) is 0 Å². The Labute approximate surface area is 78.5 Å². The van der Waals surface area contributed by atoms with Gasteiger partial charge in [0.25, 0.3) is 5.91 Å². The van der Waals surface area contributed by atoms with Gasteiger partial charge in [-0.3, -0.25) is 9.59 Å². The Balaban J connectivity index is 3.49. The van der Waals surface area contributed by atoms with Crippen LogP contribution < -0.4 is 5.73 Å². The molecule has 0 aromatic heterocycles. The van der Waals surface area contributed by atoms with Gasteiger partial charge in [-0.25, -0.2) is 8.78 Å². The number of ketones is 1. The quantitative estimate of drug-likeness (QED) is 0.729. The van der Waals surface area contributed by atoms with Crippen LogP contribution in [0, 0.1) is 11.6 Å². The van der Waals surface area contributed by atoms with Gasteiger partial charge in [0.15, 0.2) is 5.78 Å². The smallest absolute Gasteiger partial charge is 0.251 e. The van der Waals surface area contributed by atoms with E-state index in [1.54, 1.807) is 0 Å². The summed E-state index contributed by atoms with van der Waals surface area (Å²) in [4.78, 5) is 21.5. The maximum absolute atomic E-state index is 13.3. The van der Waals surface area contributed by atoms with Gasteiger partial charge in [-0.15, -0.1) is 0 Å². The van der Waals surface area contributed by atoms with Crippen LogP contribution in [0.15, 0.2) is 12.1 Å². The van der Waals surface area contributed by atoms with Gasteiger partial charge in [0.05, 0.1) is 11.1 Å². The normalized spacial score (nSPS) is 9.93. The van der Waals surface area contributed by atoms with Crippen LogP contribution in [0.25, 0.3) is 0 Å². The van der Waals surface area contributed by atoms with Crippen molar-refractivity contribution in [2.45, 2.75) is 6.92 Å². The summed E-state index contributed by atoms with van der Waals surface area (Å²) in [7, 11) is 0. The first-order valence-electron chi connectivity index (χ1n) is 3.74. The zero-order valence-corrected chi connectivity index (χ0v) is 7.30. The van der Waals surface area contributed by atoms with E-state index in [1.165, 1.54) is 0 Å². The summed E-state index contributed by atoms with van der Waals surface area (Å²) in [5, 5.41) is 0. The SMILES string of the molecule is CC(=O)c1c(F)ccc(C(N)=O)c1F. The third kappa shape index (κ3) is 1.61. The fourth-order valence-corrected chi connectivity index (χ4v) is 1.07. The molecule has 2 N–H and O–H groups in total. The van der Waals surface area contributed by atoms with E-state index in [2.05, 4.69) is 0 Å². The summed E-state index contributed by atoms with van der Waals surface area (Å²) in [5.74, 6) is -4.03. The molecule has 0 aliphatic rings. The van der Waals surface area contributed by atoms with Gasteiger partial charge in [-0.05, 0) is 19.1 Å². The zero-order chi connectivity index (χ0) is 10.9. The largest absolute Gasteiger partial charge is 0.366 e. The molecule has 0 saturated heterocycles. The molecule has 0 atom stereocenters. The van der Waals surface area contributed by atoms with E-state index in [-0.39, 0.29) is 0 Å². The maximum Gasteiger partial charge on any atom is 0.251 e. The first-order chi connectivity index (χ1) is 6.45. The number of hydrogen-bond acceptors (Lipinski definition) is 2. The van der Waals surface area contributed by atoms with Crippen molar-refractivity contribution in [3.8, 4) is 0 Å². The van der Waals surface area contributed by atoms with Crippen LogP contribution in [0.5, 0.6) is 0 Å². The summed E-state index contributed by atoms with van der Waals surface area (Å²) in [6.45, 7) is 1.01. The molecule has 14 heavy (non-hydrogen) atoms. The first-order valence-corrected chi connectivity index (χ1v) is 3.74. The number of Topliss-reactive ketones (excluding diaryl/α,β-unsaturated/α-hetero) is 1. The average Bonchev–Trinajstić information content (AvgIpc) is 2.02. The highest BCUT2D eigenvalue weighted by Gasteiger charge is 2.19. The van der Waals surface area contributed by atoms with Gasteiger partial charge in [0.1, 0.15) is 11.6 Å². The molecular formula is C9H7F2NO2. The number of halogens is 2. The topological polar surface area (TPSA) is 60.2 Å². The van der Waals surface area contributed by atoms with Crippen LogP contribution >= 0.6 is 0 Å². The van der Waals surface area contributed by atoms with Gasteiger partial charge in [-0.1, -0.05) is 0 Å². The van der Waals surface area contributed by atoms with Crippen molar-refractivity contribution in [2.24, 2.45) is 5.73 Å². The molecule has 3 nitrogen and oxygen atoms in total. The van der Waals surface area contributed by atoms with Gasteiger partial charge >= 0.3 is 0 Å². The minimum absolute atomic E-state index is 0.489. The Bertz CT molecular complexity index is 416. The number of primary amides is 1. The molecular weight excluding hydrogens is 192 g/mol. The van der Waals surface area contributed by atoms with E-state index in [9.17, 15) is 18.4 Å². The second-order valence-electron chi connectivity index (χ2n) is 2.70. The minimum Gasteiger partial charge on any atom is -0.366 e. The molecule has 0 aliphatic heterocycles. The summed E-state index contributed by atoms with van der Waals surface area (Å²) < 4.78 is 26.2. The van der Waals surface area contributed by atoms with Crippen LogP contribution in [0.3, 0.4) is 0 Å². The van der Waals surface area contributed by atoms with Gasteiger partial charge < -0.3 is 5.73 Å². The number of benzene rings is 1. The molecule has 74 valence electrons. The standard InChI is InChI=1S/C9H7F2NO2/c1-4(13)7-6(10)3-2-5(8(7)11)9(12)14/h2-3H,1H3,(H2,12,14). The van der Waals surface area contributed by atoms with Crippen molar-refractivity contribution >= 4 is 11.7 Å². The Kier molecular flexibility index (Phi) is 2.60. The summed E-state index contributed by atoms with van der Waals surface area (Å²) >= 11 is 0. The second-order valence-corrected chi connectivity index (χ2v) is 2.70. The van der Waals surface area contributed by atoms with Crippen molar-refractivity contribution < 1.29 is 18.4 Å². The fraction of sp³-hybridized carbons (Fsp3) is 0.111. The summed E-state index contributed by atoms with van der Waals surface area (Å²) in [6.07, 6.45) is 0. The van der Waals surface area contributed by atoms with E-state index in [4.69, 9.17) is 5.73 Å². The highest BCUT2D eigenvalue weighted by atomic mass is 19.1. The zero-order valence-electron chi connectivity index (χ0n) is 7.30. The number of rotatable bonds is 2. The minimum atomic E-state index is -1.20. The lowest BCUT2D eigenvalue weighted by atomic mass is 10.1. The van der Waals surface area contributed by atoms with Crippen LogP contribution in [-0.4, -0.2) is 11.7 Å². The molecule has 1 amide bonds. The third-order valence-corrected chi connectivity index (χ3v) is 1.71. The monoisotopic (exact) mass is 199 g/mol. The molecule has 1 aromatic rings. The predicted molar refractivity (Wildman–Crippen MR) is 44.9 cm³/mol. The van der Waals surface area contributed by atoms with E-state index < -0.39 is 34.5 Å². The average molecular weight is 199 g/mol. The lowest BCUT2D eigenvalue weighted by Crippen LogP contribution is -2.16. The number of carbonyl (C=O) groups is 2. The molecule has 1 aromatic carbocycles. The van der Waals surface area contributed by atoms with Crippen molar-refractivity contribution in [3.63, 3.8) is 0 Å². The Morgan fingerprint density at radius 3 is 2.29 bits per heavy atom. The second kappa shape index (κ2) is 3.53. The van der Waals surface area contributed by atoms with Gasteiger partial charge in [-0.2, -0.15) is 0 Å². The first kappa shape index (κ1) is 10.3. The van der Waals surface area contributed by atoms with E-state index >= 15 is 0 Å². The predicted octanol–water partition coefficient (Wildman–Crippen LogP) is 1.27. The van der Waals surface area contributed by atoms with E-state index in [0.717, 1.165) is 19.1 Å². The number of amides is 1. The lowest BCUT2D eigenvalue weighted by Gasteiger charge is -2.03. The Morgan fingerprint density at radius 1 is 1.29 bits per heavy atom. The van der Waals surface area contributed by atoms with Gasteiger partial charge in [0.2, 0.25) is 0 Å². The Morgan fingerprint density at radius 2 is 1.86 bits per heavy atom. The molecule has 0 heterocycles. The number of nitrogens with two attached hydrogens (primary N) is 1. The van der Waals surface area contributed by atoms with Crippen molar-refractivity contribution in [3.05, 3.63) is 34.9 Å². The molecule has 0 unspecified atom stereocenters. The molecule has 0 spiro atoms. The van der Waals surface area contributed by atoms with Crippen LogP contribution in [0.2, 0.25) is 0 Å². The highest BCUT2D eigenvalue weighted by molar-refractivity contribution is 5.99. The van der Waals surface area contributed by atoms with Crippen LogP contribution in [0.1, 0.15) is 27.6 Å². The molecule has 5 heteroatoms. The van der Waals surface area contributed by atoms with Crippen molar-refractivity contribution in [2.75, 3.05) is 0 Å². The van der Waals surface area contributed by atoms with Crippen LogP contribution in [-0.2, 0) is 0 Å². The molecule has 0 saturated carbocycles. The summed E-state index contributed by atoms with van der Waals surface area (Å²) in [5.41, 5.74) is 3.60. The highest BCUT2D eigenvalue weighted by Crippen LogP contribution is 2.16. The fourth-order valence-electron chi connectivity index (χ4n) is 1.07. The molecule has 0 radical (unpaired) electrons. The number of hydrogen-bond donors (Lipinski definition) is 1. The third-order valence-electron chi connectivity index (χ3n) is 1.71. The Hall–Kier alpha value is -1.78. The summed E-state index contributed by atoms with van der Waals surface area (Å²) in [6, 6.07) is 1.74. The molecule has 0 fully saturated rings. The van der Waals surface area contributed by atoms with Crippen molar-refractivity contribution in [1.29, 1.82) is 0 Å². The number of carbonyl (C=O) groups excluding carboxylic acids is 2. The van der Waals surface area contributed by atoms with E-state index in [1.807, 2.05) is 0 Å². The van der Waals surface area contributed by atoms with E-state index in [0.29, 0.717) is 0 Å². The molecule has 1 rings (SSSR count). The lowest BCUT2D eigenvalue weighted by molar-refractivity contribution is 0.0995. The maximum atomic E-state index is 13.3. The molecule has 0 bridgehead atoms. The van der Waals surface area contributed by atoms with Crippen LogP contribution in [0.4, 0.5) is 8.78 Å².